The number of methoxy groups -OCH3 is 1. The van der Waals surface area contributed by atoms with Gasteiger partial charge in [0.15, 0.2) is 5.11 Å². The van der Waals surface area contributed by atoms with Crippen molar-refractivity contribution in [2.75, 3.05) is 19.0 Å². The molecule has 25 heavy (non-hydrogen) atoms. The number of nitro groups is 1. The van der Waals surface area contributed by atoms with Crippen molar-refractivity contribution in [3.05, 3.63) is 28.3 Å². The number of carbonyl (C=O) groups excluding carboxylic acids is 2. The van der Waals surface area contributed by atoms with E-state index in [1.807, 2.05) is 6.92 Å². The van der Waals surface area contributed by atoms with Crippen molar-refractivity contribution in [1.29, 1.82) is 0 Å². The molecule has 0 saturated heterocycles. The van der Waals surface area contributed by atoms with Gasteiger partial charge in [0.05, 0.1) is 36.8 Å². The van der Waals surface area contributed by atoms with Crippen molar-refractivity contribution in [2.24, 2.45) is 0 Å². The molecule has 2 N–H and O–H groups in total. The molecular weight excluding hydrogens is 350 g/mol. The van der Waals surface area contributed by atoms with Gasteiger partial charge in [-0.1, -0.05) is 6.92 Å². The average Bonchev–Trinajstić information content (AvgIpc) is 2.58. The third-order valence-electron chi connectivity index (χ3n) is 2.92. The number of benzene rings is 1. The molecular formula is C15H19N3O6S. The minimum Gasteiger partial charge on any atom is -0.494 e. The highest BCUT2D eigenvalue weighted by atomic mass is 32.1. The molecule has 0 bridgehead atoms. The van der Waals surface area contributed by atoms with Crippen molar-refractivity contribution in [3.63, 3.8) is 0 Å². The Bertz CT molecular complexity index is 665. The van der Waals surface area contributed by atoms with Crippen LogP contribution >= 0.6 is 12.2 Å². The number of hydrogen-bond acceptors (Lipinski definition) is 7. The summed E-state index contributed by atoms with van der Waals surface area (Å²) in [6.07, 6.45) is 0.597. The van der Waals surface area contributed by atoms with Crippen LogP contribution in [0.1, 0.15) is 26.2 Å². The quantitative estimate of drug-likeness (QED) is 0.309. The summed E-state index contributed by atoms with van der Waals surface area (Å²) in [7, 11) is 1.35. The van der Waals surface area contributed by atoms with Crippen LogP contribution in [0.5, 0.6) is 5.75 Å². The summed E-state index contributed by atoms with van der Waals surface area (Å²) in [5.41, 5.74) is 0.226. The van der Waals surface area contributed by atoms with Gasteiger partial charge in [0.2, 0.25) is 5.91 Å². The van der Waals surface area contributed by atoms with Crippen LogP contribution in [0, 0.1) is 10.1 Å². The fraction of sp³-hybridized carbons (Fsp3) is 0.400. The zero-order valence-electron chi connectivity index (χ0n) is 13.9. The maximum absolute atomic E-state index is 11.8. The summed E-state index contributed by atoms with van der Waals surface area (Å²) in [6.45, 7) is 2.19. The number of rotatable bonds is 8. The molecule has 0 aromatic heterocycles. The second kappa shape index (κ2) is 10.2. The van der Waals surface area contributed by atoms with Crippen LogP contribution in [-0.2, 0) is 14.3 Å². The maximum Gasteiger partial charge on any atom is 0.306 e. The van der Waals surface area contributed by atoms with Crippen LogP contribution in [0.25, 0.3) is 0 Å². The molecule has 10 heteroatoms. The molecule has 0 saturated carbocycles. The van der Waals surface area contributed by atoms with E-state index in [2.05, 4.69) is 10.6 Å². The van der Waals surface area contributed by atoms with E-state index in [1.54, 1.807) is 0 Å². The van der Waals surface area contributed by atoms with Crippen LogP contribution in [0.3, 0.4) is 0 Å². The minimum atomic E-state index is -0.552. The number of carbonyl (C=O) groups is 2. The number of hydrogen-bond donors (Lipinski definition) is 2. The molecule has 1 aromatic rings. The number of nitrogens with zero attached hydrogens (tertiary/aromatic N) is 1. The van der Waals surface area contributed by atoms with E-state index >= 15 is 0 Å². The van der Waals surface area contributed by atoms with Crippen molar-refractivity contribution in [3.8, 4) is 5.75 Å². The number of anilines is 1. The molecule has 9 nitrogen and oxygen atoms in total. The number of nitrogens with one attached hydrogen (secondary N) is 2. The Kier molecular flexibility index (Phi) is 8.27. The van der Waals surface area contributed by atoms with Gasteiger partial charge < -0.3 is 20.1 Å². The summed E-state index contributed by atoms with van der Waals surface area (Å²) in [5.74, 6) is -0.700. The molecule has 0 aliphatic carbocycles. The molecule has 1 amide bonds. The zero-order chi connectivity index (χ0) is 18.8. The van der Waals surface area contributed by atoms with Gasteiger partial charge in [-0.05, 0) is 24.7 Å². The van der Waals surface area contributed by atoms with Gasteiger partial charge in [-0.2, -0.15) is 0 Å². The fourth-order valence-corrected chi connectivity index (χ4v) is 1.97. The van der Waals surface area contributed by atoms with Crippen LogP contribution < -0.4 is 15.4 Å². The summed E-state index contributed by atoms with van der Waals surface area (Å²) in [4.78, 5) is 33.3. The zero-order valence-corrected chi connectivity index (χ0v) is 14.7. The number of amides is 1. The van der Waals surface area contributed by atoms with Crippen molar-refractivity contribution >= 4 is 40.6 Å². The first-order valence-electron chi connectivity index (χ1n) is 7.46. The van der Waals surface area contributed by atoms with Crippen molar-refractivity contribution in [1.82, 2.24) is 5.32 Å². The molecule has 0 aliphatic heterocycles. The van der Waals surface area contributed by atoms with Crippen LogP contribution in [-0.4, -0.2) is 35.6 Å². The Labute approximate surface area is 149 Å². The van der Waals surface area contributed by atoms with Gasteiger partial charge in [0.1, 0.15) is 5.75 Å². The Hall–Kier alpha value is -2.75. The first-order valence-corrected chi connectivity index (χ1v) is 7.87. The highest BCUT2D eigenvalue weighted by molar-refractivity contribution is 7.80. The summed E-state index contributed by atoms with van der Waals surface area (Å²) in [5, 5.41) is 15.9. The predicted octanol–water partition coefficient (Wildman–Crippen LogP) is 2.15. The van der Waals surface area contributed by atoms with Gasteiger partial charge in [-0.15, -0.1) is 0 Å². The summed E-state index contributed by atoms with van der Waals surface area (Å²) >= 11 is 5.01. The third-order valence-corrected chi connectivity index (χ3v) is 3.12. The molecule has 0 spiro atoms. The van der Waals surface area contributed by atoms with E-state index in [-0.39, 0.29) is 29.4 Å². The SMILES string of the molecule is CCCOC(=O)CCC(=O)NC(=S)Nc1ccc([N+](=O)[O-])cc1OC. The van der Waals surface area contributed by atoms with E-state index < -0.39 is 16.8 Å². The largest absolute Gasteiger partial charge is 0.494 e. The molecule has 0 fully saturated rings. The predicted molar refractivity (Wildman–Crippen MR) is 94.5 cm³/mol. The summed E-state index contributed by atoms with van der Waals surface area (Å²) in [6, 6.07) is 3.92. The highest BCUT2D eigenvalue weighted by Gasteiger charge is 2.14. The van der Waals surface area contributed by atoms with Gasteiger partial charge in [-0.25, -0.2) is 0 Å². The lowest BCUT2D eigenvalue weighted by atomic mass is 10.2. The van der Waals surface area contributed by atoms with Gasteiger partial charge >= 0.3 is 5.97 Å². The van der Waals surface area contributed by atoms with Gasteiger partial charge in [0.25, 0.3) is 5.69 Å². The third kappa shape index (κ3) is 7.12. The number of nitro benzene ring substituents is 1. The normalized spacial score (nSPS) is 9.84. The molecule has 0 unspecified atom stereocenters. The standard InChI is InChI=1S/C15H19N3O6S/c1-3-8-24-14(20)7-6-13(19)17-15(25)16-11-5-4-10(18(21)22)9-12(11)23-2/h4-5,9H,3,6-8H2,1-2H3,(H2,16,17,19,25). The van der Waals surface area contributed by atoms with Gasteiger partial charge in [-0.3, -0.25) is 19.7 Å². The molecule has 0 heterocycles. The maximum atomic E-state index is 11.8. The molecule has 1 aromatic carbocycles. The monoisotopic (exact) mass is 369 g/mol. The molecule has 0 atom stereocenters. The average molecular weight is 369 g/mol. The lowest BCUT2D eigenvalue weighted by Crippen LogP contribution is -2.34. The number of ether oxygens (including phenoxy) is 2. The summed E-state index contributed by atoms with van der Waals surface area (Å²) < 4.78 is 9.92. The molecule has 1 rings (SSSR count). The van der Waals surface area contributed by atoms with Crippen LogP contribution in [0.4, 0.5) is 11.4 Å². The van der Waals surface area contributed by atoms with E-state index in [9.17, 15) is 19.7 Å². The first-order chi connectivity index (χ1) is 11.9. The van der Waals surface area contributed by atoms with E-state index in [4.69, 9.17) is 21.7 Å². The Morgan fingerprint density at radius 2 is 2.04 bits per heavy atom. The van der Waals surface area contributed by atoms with Crippen molar-refractivity contribution < 1.29 is 24.0 Å². The topological polar surface area (TPSA) is 120 Å². The first kappa shape index (κ1) is 20.3. The second-order valence-corrected chi connectivity index (χ2v) is 5.27. The van der Waals surface area contributed by atoms with Gasteiger partial charge in [0, 0.05) is 12.5 Å². The van der Waals surface area contributed by atoms with Crippen LogP contribution in [0.2, 0.25) is 0 Å². The lowest BCUT2D eigenvalue weighted by Gasteiger charge is -2.12. The molecule has 0 radical (unpaired) electrons. The van der Waals surface area contributed by atoms with E-state index in [1.165, 1.54) is 25.3 Å². The Morgan fingerprint density at radius 3 is 2.64 bits per heavy atom. The van der Waals surface area contributed by atoms with E-state index in [0.717, 1.165) is 0 Å². The number of thiocarbonyl (C=S) groups is 1. The minimum absolute atomic E-state index is 0.0147. The smallest absolute Gasteiger partial charge is 0.306 e. The Balaban J connectivity index is 2.55. The van der Waals surface area contributed by atoms with E-state index in [0.29, 0.717) is 18.7 Å². The van der Waals surface area contributed by atoms with Crippen LogP contribution in [0.15, 0.2) is 18.2 Å². The number of esters is 1. The number of non-ortho nitro benzene ring substituents is 1. The fourth-order valence-electron chi connectivity index (χ4n) is 1.74. The molecule has 136 valence electrons. The lowest BCUT2D eigenvalue weighted by molar-refractivity contribution is -0.384. The molecule has 0 aliphatic rings. The van der Waals surface area contributed by atoms with Crippen molar-refractivity contribution in [2.45, 2.75) is 26.2 Å². The Morgan fingerprint density at radius 1 is 1.32 bits per heavy atom. The second-order valence-electron chi connectivity index (χ2n) is 4.86. The highest BCUT2D eigenvalue weighted by Crippen LogP contribution is 2.28.